The molecule has 7 nitrogen and oxygen atoms in total. The summed E-state index contributed by atoms with van der Waals surface area (Å²) in [6.07, 6.45) is 2.23. The van der Waals surface area contributed by atoms with Gasteiger partial charge in [0, 0.05) is 18.8 Å². The maximum absolute atomic E-state index is 11.8. The molecule has 1 saturated heterocycles. The van der Waals surface area contributed by atoms with Gasteiger partial charge in [-0.1, -0.05) is 6.07 Å². The molecule has 1 heterocycles. The number of amides is 1. The van der Waals surface area contributed by atoms with Crippen molar-refractivity contribution in [3.05, 3.63) is 24.3 Å². The van der Waals surface area contributed by atoms with Crippen LogP contribution < -0.4 is 15.8 Å². The van der Waals surface area contributed by atoms with Crippen molar-refractivity contribution in [1.29, 1.82) is 0 Å². The smallest absolute Gasteiger partial charge is 0.238 e. The Morgan fingerprint density at radius 2 is 2.24 bits per heavy atom. The van der Waals surface area contributed by atoms with Gasteiger partial charge in [-0.3, -0.25) is 4.79 Å². The number of primary sulfonamides is 1. The fraction of sp³-hybridized carbons (Fsp3) is 0.462. The summed E-state index contributed by atoms with van der Waals surface area (Å²) in [5, 5.41) is 10.7. The van der Waals surface area contributed by atoms with E-state index < -0.39 is 10.0 Å². The Kier molecular flexibility index (Phi) is 5.29. The van der Waals surface area contributed by atoms with E-state index in [0.717, 1.165) is 19.4 Å². The lowest BCUT2D eigenvalue weighted by Gasteiger charge is -2.11. The van der Waals surface area contributed by atoms with Crippen LogP contribution in [0.25, 0.3) is 0 Å². The third-order valence-electron chi connectivity index (χ3n) is 3.13. The molecule has 1 aliphatic heterocycles. The molecular weight excluding hydrogens is 294 g/mol. The fourth-order valence-electron chi connectivity index (χ4n) is 2.11. The molecule has 1 unspecified atom stereocenters. The monoisotopic (exact) mass is 313 g/mol. The first-order valence-electron chi connectivity index (χ1n) is 6.70. The summed E-state index contributed by atoms with van der Waals surface area (Å²) in [5.74, 6) is -0.250. The molecule has 1 atom stereocenters. The van der Waals surface area contributed by atoms with Gasteiger partial charge in [0.2, 0.25) is 15.9 Å². The molecule has 1 aromatic carbocycles. The molecule has 1 amide bonds. The van der Waals surface area contributed by atoms with Gasteiger partial charge >= 0.3 is 0 Å². The lowest BCUT2D eigenvalue weighted by Crippen LogP contribution is -2.33. The Morgan fingerprint density at radius 1 is 1.43 bits per heavy atom. The van der Waals surface area contributed by atoms with Crippen molar-refractivity contribution in [2.45, 2.75) is 23.8 Å². The number of carbonyl (C=O) groups excluding carboxylic acids is 1. The second-order valence-electron chi connectivity index (χ2n) is 4.89. The number of hydrogen-bond acceptors (Lipinski definition) is 5. The number of ether oxygens (including phenoxy) is 1. The van der Waals surface area contributed by atoms with Crippen molar-refractivity contribution in [2.24, 2.45) is 5.14 Å². The average molecular weight is 313 g/mol. The van der Waals surface area contributed by atoms with Crippen LogP contribution in [0.4, 0.5) is 5.69 Å². The van der Waals surface area contributed by atoms with Crippen molar-refractivity contribution in [3.63, 3.8) is 0 Å². The Bertz CT molecular complexity index is 597. The summed E-state index contributed by atoms with van der Waals surface area (Å²) in [5.41, 5.74) is 0.394. The van der Waals surface area contributed by atoms with Crippen LogP contribution >= 0.6 is 0 Å². The molecule has 0 saturated carbocycles. The van der Waals surface area contributed by atoms with Crippen LogP contribution in [-0.4, -0.2) is 40.1 Å². The van der Waals surface area contributed by atoms with Gasteiger partial charge in [0.1, 0.15) is 0 Å². The Balaban J connectivity index is 1.82. The number of anilines is 1. The van der Waals surface area contributed by atoms with Gasteiger partial charge in [-0.05, 0) is 31.0 Å². The van der Waals surface area contributed by atoms with Crippen molar-refractivity contribution >= 4 is 21.6 Å². The first-order chi connectivity index (χ1) is 9.95. The maximum Gasteiger partial charge on any atom is 0.238 e. The van der Waals surface area contributed by atoms with Crippen molar-refractivity contribution in [2.75, 3.05) is 25.0 Å². The average Bonchev–Trinajstić information content (AvgIpc) is 2.91. The van der Waals surface area contributed by atoms with Crippen LogP contribution in [0.5, 0.6) is 0 Å². The minimum atomic E-state index is -3.77. The van der Waals surface area contributed by atoms with Gasteiger partial charge in [-0.25, -0.2) is 13.6 Å². The standard InChI is InChI=1S/C13H19N3O4S/c14-21(18,19)12-5-1-3-10(7-12)16-13(17)9-15-8-11-4-2-6-20-11/h1,3,5,7,11,15H,2,4,6,8-9H2,(H,16,17)(H2,14,18,19). The number of hydrogen-bond donors (Lipinski definition) is 3. The van der Waals surface area contributed by atoms with Crippen LogP contribution in [0.1, 0.15) is 12.8 Å². The molecule has 1 aliphatic rings. The van der Waals surface area contributed by atoms with Gasteiger partial charge in [0.25, 0.3) is 0 Å². The molecular formula is C13H19N3O4S. The second kappa shape index (κ2) is 6.99. The van der Waals surface area contributed by atoms with Crippen LogP contribution in [0, 0.1) is 0 Å². The van der Waals surface area contributed by atoms with Crippen molar-refractivity contribution in [3.8, 4) is 0 Å². The summed E-state index contributed by atoms with van der Waals surface area (Å²) in [6, 6.07) is 5.83. The highest BCUT2D eigenvalue weighted by Gasteiger charge is 2.15. The van der Waals surface area contributed by atoms with Crippen LogP contribution in [0.15, 0.2) is 29.2 Å². The van der Waals surface area contributed by atoms with Gasteiger partial charge in [0.15, 0.2) is 0 Å². The maximum atomic E-state index is 11.8. The highest BCUT2D eigenvalue weighted by molar-refractivity contribution is 7.89. The minimum Gasteiger partial charge on any atom is -0.377 e. The van der Waals surface area contributed by atoms with Crippen molar-refractivity contribution < 1.29 is 17.9 Å². The van der Waals surface area contributed by atoms with Gasteiger partial charge in [-0.15, -0.1) is 0 Å². The van der Waals surface area contributed by atoms with E-state index in [4.69, 9.17) is 9.88 Å². The van der Waals surface area contributed by atoms with Gasteiger partial charge in [0.05, 0.1) is 17.5 Å². The summed E-state index contributed by atoms with van der Waals surface area (Å²) in [4.78, 5) is 11.7. The molecule has 0 radical (unpaired) electrons. The van der Waals surface area contributed by atoms with E-state index in [-0.39, 0.29) is 23.5 Å². The van der Waals surface area contributed by atoms with Gasteiger partial charge in [-0.2, -0.15) is 0 Å². The zero-order valence-corrected chi connectivity index (χ0v) is 12.4. The summed E-state index contributed by atoms with van der Waals surface area (Å²) in [7, 11) is -3.77. The van der Waals surface area contributed by atoms with E-state index in [0.29, 0.717) is 12.2 Å². The zero-order valence-electron chi connectivity index (χ0n) is 11.5. The van der Waals surface area contributed by atoms with E-state index in [1.807, 2.05) is 0 Å². The normalized spacial score (nSPS) is 18.6. The Hall–Kier alpha value is -1.48. The predicted molar refractivity (Wildman–Crippen MR) is 78.3 cm³/mol. The molecule has 0 aromatic heterocycles. The predicted octanol–water partition coefficient (Wildman–Crippen LogP) is 0.0411. The van der Waals surface area contributed by atoms with E-state index in [2.05, 4.69) is 10.6 Å². The lowest BCUT2D eigenvalue weighted by atomic mass is 10.2. The number of carbonyl (C=O) groups is 1. The van der Waals surface area contributed by atoms with E-state index in [1.54, 1.807) is 6.07 Å². The highest BCUT2D eigenvalue weighted by Crippen LogP contribution is 2.14. The third kappa shape index (κ3) is 5.09. The first-order valence-corrected chi connectivity index (χ1v) is 8.25. The van der Waals surface area contributed by atoms with Gasteiger partial charge < -0.3 is 15.4 Å². The molecule has 2 rings (SSSR count). The highest BCUT2D eigenvalue weighted by atomic mass is 32.2. The summed E-state index contributed by atoms with van der Waals surface area (Å²) < 4.78 is 27.9. The second-order valence-corrected chi connectivity index (χ2v) is 6.45. The summed E-state index contributed by atoms with van der Waals surface area (Å²) >= 11 is 0. The van der Waals surface area contributed by atoms with Crippen LogP contribution in [-0.2, 0) is 19.6 Å². The SMILES string of the molecule is NS(=O)(=O)c1cccc(NC(=O)CNCC2CCCO2)c1. The van der Waals surface area contributed by atoms with E-state index >= 15 is 0 Å². The Labute approximate surface area is 123 Å². The number of rotatable bonds is 6. The molecule has 1 aromatic rings. The molecule has 0 spiro atoms. The van der Waals surface area contributed by atoms with E-state index in [9.17, 15) is 13.2 Å². The number of benzene rings is 1. The van der Waals surface area contributed by atoms with E-state index in [1.165, 1.54) is 18.2 Å². The van der Waals surface area contributed by atoms with Crippen LogP contribution in [0.2, 0.25) is 0 Å². The molecule has 8 heteroatoms. The quantitative estimate of drug-likeness (QED) is 0.687. The summed E-state index contributed by atoms with van der Waals surface area (Å²) in [6.45, 7) is 1.54. The number of sulfonamides is 1. The minimum absolute atomic E-state index is 0.0346. The lowest BCUT2D eigenvalue weighted by molar-refractivity contribution is -0.115. The topological polar surface area (TPSA) is 111 Å². The molecule has 0 bridgehead atoms. The number of nitrogens with one attached hydrogen (secondary N) is 2. The first kappa shape index (κ1) is 15.9. The molecule has 0 aliphatic carbocycles. The Morgan fingerprint density at radius 3 is 2.90 bits per heavy atom. The molecule has 116 valence electrons. The third-order valence-corrected chi connectivity index (χ3v) is 4.04. The molecule has 21 heavy (non-hydrogen) atoms. The largest absolute Gasteiger partial charge is 0.377 e. The molecule has 1 fully saturated rings. The van der Waals surface area contributed by atoms with Crippen molar-refractivity contribution in [1.82, 2.24) is 5.32 Å². The fourth-order valence-corrected chi connectivity index (χ4v) is 2.67. The van der Waals surface area contributed by atoms with Crippen LogP contribution in [0.3, 0.4) is 0 Å². The zero-order chi connectivity index (χ0) is 15.3. The number of nitrogens with two attached hydrogens (primary N) is 1. The molecule has 4 N–H and O–H groups in total.